The minimum absolute atomic E-state index is 0.00438. The van der Waals surface area contributed by atoms with Crippen LogP contribution < -0.4 is 19.6 Å². The molecule has 0 aromatic heterocycles. The van der Waals surface area contributed by atoms with Gasteiger partial charge >= 0.3 is 5.97 Å². The molecule has 1 amide bonds. The van der Waals surface area contributed by atoms with Gasteiger partial charge in [0.15, 0.2) is 0 Å². The molecule has 0 bridgehead atoms. The fourth-order valence-corrected chi connectivity index (χ4v) is 8.65. The van der Waals surface area contributed by atoms with Crippen molar-refractivity contribution in [3.63, 3.8) is 0 Å². The Balaban J connectivity index is 0.921. The minimum atomic E-state index is -1.48. The smallest absolute Gasteiger partial charge is 0.336 e. The fraction of sp³-hybridized carbons (Fsp3) is 0.264. The lowest BCUT2D eigenvalue weighted by Gasteiger charge is -2.40. The fourth-order valence-electron chi connectivity index (χ4n) is 8.47. The van der Waals surface area contributed by atoms with Crippen molar-refractivity contribution < 1.29 is 49.0 Å². The summed E-state index contributed by atoms with van der Waals surface area (Å²) in [5.74, 6) is -0.208. The molecular formula is C53H53ClN3O10+. The van der Waals surface area contributed by atoms with Crippen molar-refractivity contribution >= 4 is 40.1 Å². The SMILES string of the molecule is CN(Cc1ccc(COc2ccc(Cc3cc([C@@H]4O[C@H](CO)[C@@H](O)[C@H](O)[C@H]4O)ccc3Cl)cc2)cc1)C(=O)c1ccc(-c2c3ccc(=[N+](C)C)cc-3oc3cc(N(C)C)ccc23)c(C(=O)O)c1. The zero-order chi connectivity index (χ0) is 47.7. The van der Waals surface area contributed by atoms with Gasteiger partial charge in [-0.3, -0.25) is 4.79 Å². The van der Waals surface area contributed by atoms with Gasteiger partial charge in [-0.05, 0) is 88.3 Å². The van der Waals surface area contributed by atoms with Gasteiger partial charge in [-0.1, -0.05) is 66.2 Å². The molecule has 2 aliphatic heterocycles. The van der Waals surface area contributed by atoms with Crippen LogP contribution in [0.15, 0.2) is 126 Å². The monoisotopic (exact) mass is 926 g/mol. The second-order valence-electron chi connectivity index (χ2n) is 17.4. The highest BCUT2D eigenvalue weighted by molar-refractivity contribution is 6.31. The number of amides is 1. The standard InChI is InChI=1S/C53H52ClN3O10/c1-55(2)36-14-19-40-44(25-36)66-45-26-37(56(3)4)15-20-41(45)47(40)39-18-12-34(24-42(39)53(63)64)52(62)57(5)27-31-6-8-32(9-7-31)29-65-38-16-10-30(11-17-38)22-35-23-33(13-21-43(35)54)51-50(61)49(60)48(59)46(28-58)67-51/h6-21,23-26,46,48-51,58-61H,22,27-29H2,1-5H3/p+1/t46-,48-,49+,50-,51+/m1/s1. The lowest BCUT2D eigenvalue weighted by Crippen LogP contribution is -2.55. The zero-order valence-electron chi connectivity index (χ0n) is 37.8. The van der Waals surface area contributed by atoms with E-state index in [1.807, 2.05) is 123 Å². The number of aliphatic hydroxyl groups excluding tert-OH is 4. The quantitative estimate of drug-likeness (QED) is 0.0622. The van der Waals surface area contributed by atoms with E-state index in [0.29, 0.717) is 58.4 Å². The first-order valence-electron chi connectivity index (χ1n) is 21.8. The van der Waals surface area contributed by atoms with Crippen LogP contribution in [0.25, 0.3) is 33.4 Å². The number of halogens is 1. The maximum absolute atomic E-state index is 13.8. The molecule has 67 heavy (non-hydrogen) atoms. The Bertz CT molecular complexity index is 2980. The Morgan fingerprint density at radius 1 is 0.761 bits per heavy atom. The maximum atomic E-state index is 13.8. The van der Waals surface area contributed by atoms with Gasteiger partial charge in [0.05, 0.1) is 18.2 Å². The highest BCUT2D eigenvalue weighted by Crippen LogP contribution is 2.42. The maximum Gasteiger partial charge on any atom is 0.336 e. The second kappa shape index (κ2) is 19.7. The molecule has 5 N–H and O–H groups in total. The van der Waals surface area contributed by atoms with Crippen LogP contribution in [0.1, 0.15) is 54.6 Å². The number of nitrogens with zero attached hydrogens (tertiary/aromatic N) is 3. The largest absolute Gasteiger partial charge is 0.489 e. The lowest BCUT2D eigenvalue weighted by molar-refractivity contribution is -0.231. The normalized spacial score (nSPS) is 18.2. The summed E-state index contributed by atoms with van der Waals surface area (Å²) in [4.78, 5) is 30.3. The molecule has 0 saturated carbocycles. The molecule has 13 nitrogen and oxygen atoms in total. The molecule has 346 valence electrons. The molecule has 1 aliphatic carbocycles. The third kappa shape index (κ3) is 9.94. The van der Waals surface area contributed by atoms with Crippen molar-refractivity contribution in [2.75, 3.05) is 46.7 Å². The summed E-state index contributed by atoms with van der Waals surface area (Å²) in [6, 6.07) is 37.0. The van der Waals surface area contributed by atoms with Crippen molar-refractivity contribution in [3.8, 4) is 28.2 Å². The third-order valence-corrected chi connectivity index (χ3v) is 12.7. The van der Waals surface area contributed by atoms with Crippen molar-refractivity contribution in [2.24, 2.45) is 0 Å². The number of aliphatic hydroxyl groups is 4. The molecule has 5 aromatic rings. The molecule has 5 aromatic carbocycles. The summed E-state index contributed by atoms with van der Waals surface area (Å²) in [7, 11) is 9.47. The van der Waals surface area contributed by atoms with Crippen LogP contribution >= 0.6 is 11.6 Å². The number of carbonyl (C=O) groups excluding carboxylic acids is 1. The van der Waals surface area contributed by atoms with E-state index in [-0.39, 0.29) is 17.0 Å². The Morgan fingerprint density at radius 3 is 2.15 bits per heavy atom. The van der Waals surface area contributed by atoms with E-state index in [1.54, 1.807) is 42.3 Å². The summed E-state index contributed by atoms with van der Waals surface area (Å²) in [5, 5.41) is 53.5. The van der Waals surface area contributed by atoms with E-state index in [1.165, 1.54) is 6.07 Å². The minimum Gasteiger partial charge on any atom is -0.489 e. The second-order valence-corrected chi connectivity index (χ2v) is 17.8. The molecule has 2 heterocycles. The van der Waals surface area contributed by atoms with Crippen LogP contribution in [0.5, 0.6) is 5.75 Å². The lowest BCUT2D eigenvalue weighted by atomic mass is 9.89. The average molecular weight is 927 g/mol. The van der Waals surface area contributed by atoms with Crippen LogP contribution in [0.3, 0.4) is 0 Å². The number of ether oxygens (including phenoxy) is 2. The van der Waals surface area contributed by atoms with Gasteiger partial charge in [0.1, 0.15) is 68.3 Å². The summed E-state index contributed by atoms with van der Waals surface area (Å²) >= 11 is 6.55. The van der Waals surface area contributed by atoms with Crippen LogP contribution in [-0.2, 0) is 24.3 Å². The van der Waals surface area contributed by atoms with Crippen LogP contribution in [0, 0.1) is 0 Å². The highest BCUT2D eigenvalue weighted by Gasteiger charge is 2.44. The number of benzene rings is 6. The number of hydrogen-bond acceptors (Lipinski definition) is 10. The molecule has 0 unspecified atom stereocenters. The molecular weight excluding hydrogens is 874 g/mol. The predicted octanol–water partition coefficient (Wildman–Crippen LogP) is 6.61. The number of anilines is 1. The molecule has 1 saturated heterocycles. The van der Waals surface area contributed by atoms with E-state index in [0.717, 1.165) is 44.2 Å². The van der Waals surface area contributed by atoms with E-state index >= 15 is 0 Å². The number of fused-ring (bicyclic) bond motifs is 2. The van der Waals surface area contributed by atoms with E-state index in [9.17, 15) is 35.1 Å². The first-order valence-corrected chi connectivity index (χ1v) is 22.2. The molecule has 0 radical (unpaired) electrons. The Labute approximate surface area is 392 Å². The van der Waals surface area contributed by atoms with Crippen molar-refractivity contribution in [2.45, 2.75) is 50.1 Å². The van der Waals surface area contributed by atoms with Gasteiger partial charge < -0.3 is 49.2 Å². The van der Waals surface area contributed by atoms with Gasteiger partial charge in [-0.15, -0.1) is 0 Å². The molecule has 14 heteroatoms. The molecule has 3 aliphatic rings. The Morgan fingerprint density at radius 2 is 1.46 bits per heavy atom. The Kier molecular flexibility index (Phi) is 13.8. The van der Waals surface area contributed by atoms with Crippen molar-refractivity contribution in [1.29, 1.82) is 0 Å². The summed E-state index contributed by atoms with van der Waals surface area (Å²) in [6.07, 6.45) is -5.84. The van der Waals surface area contributed by atoms with E-state index in [2.05, 4.69) is 0 Å². The number of carboxylic acids is 1. The van der Waals surface area contributed by atoms with Gasteiger partial charge in [0.2, 0.25) is 5.36 Å². The van der Waals surface area contributed by atoms with E-state index < -0.39 is 43.1 Å². The third-order valence-electron chi connectivity index (χ3n) is 12.3. The van der Waals surface area contributed by atoms with Crippen LogP contribution in [0.4, 0.5) is 5.69 Å². The number of aromatic carboxylic acids is 1. The number of rotatable bonds is 13. The first kappa shape index (κ1) is 46.9. The van der Waals surface area contributed by atoms with Crippen molar-refractivity contribution in [1.82, 2.24) is 9.48 Å². The molecule has 0 spiro atoms. The Hall–Kier alpha value is -6.58. The van der Waals surface area contributed by atoms with Gasteiger partial charge in [-0.2, -0.15) is 0 Å². The number of carboxylic acid groups (broad SMARTS) is 1. The number of hydrogen-bond donors (Lipinski definition) is 5. The average Bonchev–Trinajstić information content (AvgIpc) is 3.32. The topological polar surface area (TPSA) is 176 Å². The summed E-state index contributed by atoms with van der Waals surface area (Å²) in [6.45, 7) is 0.0816. The molecule has 5 atom stereocenters. The van der Waals surface area contributed by atoms with Gasteiger partial charge in [0.25, 0.3) is 5.91 Å². The number of carbonyl (C=O) groups is 2. The summed E-state index contributed by atoms with van der Waals surface area (Å²) in [5.41, 5.74) is 7.81. The van der Waals surface area contributed by atoms with E-state index in [4.69, 9.17) is 25.5 Å². The first-order chi connectivity index (χ1) is 32.1. The molecule has 1 fully saturated rings. The highest BCUT2D eigenvalue weighted by atomic mass is 35.5. The summed E-state index contributed by atoms with van der Waals surface area (Å²) < 4.78 is 20.2. The van der Waals surface area contributed by atoms with Crippen molar-refractivity contribution in [3.05, 3.63) is 171 Å². The van der Waals surface area contributed by atoms with Gasteiger partial charge in [0, 0.05) is 72.6 Å². The van der Waals surface area contributed by atoms with Gasteiger partial charge in [-0.25, -0.2) is 9.37 Å². The molecule has 8 rings (SSSR count). The van der Waals surface area contributed by atoms with Crippen LogP contribution in [-0.4, -0.2) is 109 Å². The predicted molar refractivity (Wildman–Crippen MR) is 257 cm³/mol. The zero-order valence-corrected chi connectivity index (χ0v) is 38.5. The van der Waals surface area contributed by atoms with Crippen LogP contribution in [0.2, 0.25) is 5.02 Å².